The summed E-state index contributed by atoms with van der Waals surface area (Å²) in [5.41, 5.74) is 1.55. The number of hydrogen-bond acceptors (Lipinski definition) is 5. The minimum Gasteiger partial charge on any atom is -0.427 e. The van der Waals surface area contributed by atoms with Crippen LogP contribution in [-0.4, -0.2) is 26.0 Å². The minimum atomic E-state index is -1.17. The van der Waals surface area contributed by atoms with Crippen molar-refractivity contribution in [2.75, 3.05) is 19.1 Å². The number of thioether (sulfide) groups is 1. The van der Waals surface area contributed by atoms with E-state index in [1.54, 1.807) is 36.2 Å². The monoisotopic (exact) mass is 343 g/mol. The summed E-state index contributed by atoms with van der Waals surface area (Å²) in [7, 11) is 3.26. The van der Waals surface area contributed by atoms with Crippen molar-refractivity contribution in [3.8, 4) is 5.75 Å². The summed E-state index contributed by atoms with van der Waals surface area (Å²) in [4.78, 5) is 25.4. The molecule has 0 bridgehead atoms. The fourth-order valence-electron chi connectivity index (χ4n) is 2.69. The standard InChI is InChI=1S/C18H17NO4S/c1-12(20)23-14-10-8-13(9-11-14)18(22-3)17(21)19(2)15-6-4-5-7-16(15)24-18/h4-11H,1-3H3. The van der Waals surface area contributed by atoms with E-state index in [9.17, 15) is 9.59 Å². The molecule has 0 N–H and O–H groups in total. The van der Waals surface area contributed by atoms with Gasteiger partial charge < -0.3 is 14.4 Å². The highest BCUT2D eigenvalue weighted by Gasteiger charge is 2.48. The van der Waals surface area contributed by atoms with Crippen molar-refractivity contribution in [3.63, 3.8) is 0 Å². The number of ether oxygens (including phenoxy) is 2. The molecular formula is C18H17NO4S. The van der Waals surface area contributed by atoms with Gasteiger partial charge in [-0.3, -0.25) is 9.59 Å². The maximum absolute atomic E-state index is 13.0. The second-order valence-electron chi connectivity index (χ2n) is 5.37. The van der Waals surface area contributed by atoms with Crippen LogP contribution in [0.5, 0.6) is 5.75 Å². The summed E-state index contributed by atoms with van der Waals surface area (Å²) in [6, 6.07) is 14.5. The Labute approximate surface area is 144 Å². The molecule has 1 aliphatic heterocycles. The normalized spacial score (nSPS) is 19.8. The Morgan fingerprint density at radius 3 is 2.42 bits per heavy atom. The number of rotatable bonds is 3. The van der Waals surface area contributed by atoms with Gasteiger partial charge in [-0.1, -0.05) is 36.0 Å². The highest BCUT2D eigenvalue weighted by atomic mass is 32.2. The molecule has 24 heavy (non-hydrogen) atoms. The number of carbonyl (C=O) groups excluding carboxylic acids is 2. The molecule has 0 fully saturated rings. The lowest BCUT2D eigenvalue weighted by Crippen LogP contribution is -2.47. The van der Waals surface area contributed by atoms with Gasteiger partial charge in [0.2, 0.25) is 4.93 Å². The molecule has 0 saturated carbocycles. The topological polar surface area (TPSA) is 55.8 Å². The molecule has 2 aromatic rings. The highest BCUT2D eigenvalue weighted by Crippen LogP contribution is 2.50. The summed E-state index contributed by atoms with van der Waals surface area (Å²) in [5.74, 6) is -0.116. The molecule has 2 aromatic carbocycles. The number of anilines is 1. The number of methoxy groups -OCH3 is 1. The van der Waals surface area contributed by atoms with Crippen LogP contribution in [-0.2, 0) is 19.3 Å². The number of carbonyl (C=O) groups is 2. The number of likely N-dealkylation sites (N-methyl/N-ethyl adjacent to an activating group) is 1. The third-order valence-electron chi connectivity index (χ3n) is 3.85. The highest BCUT2D eigenvalue weighted by molar-refractivity contribution is 8.01. The first-order valence-electron chi connectivity index (χ1n) is 7.38. The van der Waals surface area contributed by atoms with Crippen LogP contribution in [0.4, 0.5) is 5.69 Å². The van der Waals surface area contributed by atoms with Crippen LogP contribution in [0, 0.1) is 0 Å². The Hall–Kier alpha value is -2.31. The minimum absolute atomic E-state index is 0.158. The van der Waals surface area contributed by atoms with E-state index < -0.39 is 4.93 Å². The summed E-state index contributed by atoms with van der Waals surface area (Å²) in [5, 5.41) is 0. The van der Waals surface area contributed by atoms with Crippen LogP contribution < -0.4 is 9.64 Å². The van der Waals surface area contributed by atoms with E-state index in [1.807, 2.05) is 24.3 Å². The van der Waals surface area contributed by atoms with Crippen LogP contribution in [0.15, 0.2) is 53.4 Å². The Morgan fingerprint density at radius 1 is 1.12 bits per heavy atom. The first-order chi connectivity index (χ1) is 11.5. The number of benzene rings is 2. The van der Waals surface area contributed by atoms with Gasteiger partial charge in [-0.2, -0.15) is 0 Å². The number of esters is 1. The van der Waals surface area contributed by atoms with Crippen LogP contribution in [0.2, 0.25) is 0 Å². The average Bonchev–Trinajstić information content (AvgIpc) is 2.58. The molecule has 0 aliphatic carbocycles. The number of nitrogens with zero attached hydrogens (tertiary/aromatic N) is 1. The molecule has 6 heteroatoms. The Bertz CT molecular complexity index is 790. The zero-order chi connectivity index (χ0) is 17.3. The zero-order valence-electron chi connectivity index (χ0n) is 13.6. The smallest absolute Gasteiger partial charge is 0.308 e. The molecular weight excluding hydrogens is 326 g/mol. The van der Waals surface area contributed by atoms with E-state index in [2.05, 4.69) is 0 Å². The Morgan fingerprint density at radius 2 is 1.79 bits per heavy atom. The molecule has 124 valence electrons. The molecule has 0 aromatic heterocycles. The number of para-hydroxylation sites is 1. The van der Waals surface area contributed by atoms with Crippen molar-refractivity contribution in [2.24, 2.45) is 0 Å². The first kappa shape index (κ1) is 16.5. The van der Waals surface area contributed by atoms with E-state index in [0.717, 1.165) is 10.6 Å². The van der Waals surface area contributed by atoms with Gasteiger partial charge in [-0.15, -0.1) is 0 Å². The summed E-state index contributed by atoms with van der Waals surface area (Å²) < 4.78 is 10.7. The lowest BCUT2D eigenvalue weighted by atomic mass is 10.1. The molecule has 1 heterocycles. The quantitative estimate of drug-likeness (QED) is 0.633. The second-order valence-corrected chi connectivity index (χ2v) is 6.59. The van der Waals surface area contributed by atoms with Crippen molar-refractivity contribution in [1.82, 2.24) is 0 Å². The summed E-state index contributed by atoms with van der Waals surface area (Å²) >= 11 is 1.37. The molecule has 1 atom stereocenters. The van der Waals surface area contributed by atoms with Crippen molar-refractivity contribution in [2.45, 2.75) is 16.8 Å². The van der Waals surface area contributed by atoms with Crippen LogP contribution in [0.3, 0.4) is 0 Å². The van der Waals surface area contributed by atoms with Gasteiger partial charge in [0.1, 0.15) is 5.75 Å². The molecule has 1 unspecified atom stereocenters. The number of fused-ring (bicyclic) bond motifs is 1. The fourth-order valence-corrected chi connectivity index (χ4v) is 4.01. The molecule has 0 saturated heterocycles. The SMILES string of the molecule is COC1(c2ccc(OC(C)=O)cc2)Sc2ccccc2N(C)C1=O. The lowest BCUT2D eigenvalue weighted by molar-refractivity contribution is -0.132. The van der Waals surface area contributed by atoms with E-state index in [4.69, 9.17) is 9.47 Å². The van der Waals surface area contributed by atoms with E-state index >= 15 is 0 Å². The molecule has 0 radical (unpaired) electrons. The van der Waals surface area contributed by atoms with E-state index in [1.165, 1.54) is 25.8 Å². The van der Waals surface area contributed by atoms with Crippen LogP contribution in [0.25, 0.3) is 0 Å². The largest absolute Gasteiger partial charge is 0.427 e. The predicted molar refractivity (Wildman–Crippen MR) is 92.1 cm³/mol. The lowest BCUT2D eigenvalue weighted by Gasteiger charge is -2.39. The second kappa shape index (κ2) is 6.30. The van der Waals surface area contributed by atoms with E-state index in [-0.39, 0.29) is 11.9 Å². The summed E-state index contributed by atoms with van der Waals surface area (Å²) in [6.07, 6.45) is 0. The van der Waals surface area contributed by atoms with Crippen molar-refractivity contribution >= 4 is 29.3 Å². The van der Waals surface area contributed by atoms with E-state index in [0.29, 0.717) is 11.3 Å². The molecule has 1 amide bonds. The number of amides is 1. The third kappa shape index (κ3) is 2.68. The zero-order valence-corrected chi connectivity index (χ0v) is 14.4. The maximum Gasteiger partial charge on any atom is 0.308 e. The molecule has 1 aliphatic rings. The van der Waals surface area contributed by atoms with Gasteiger partial charge in [0.05, 0.1) is 5.69 Å². The Kier molecular flexibility index (Phi) is 4.34. The van der Waals surface area contributed by atoms with Gasteiger partial charge in [-0.25, -0.2) is 0 Å². The molecule has 5 nitrogen and oxygen atoms in total. The third-order valence-corrected chi connectivity index (χ3v) is 5.28. The van der Waals surface area contributed by atoms with Crippen LogP contribution >= 0.6 is 11.8 Å². The van der Waals surface area contributed by atoms with Crippen molar-refractivity contribution in [3.05, 3.63) is 54.1 Å². The van der Waals surface area contributed by atoms with Gasteiger partial charge >= 0.3 is 5.97 Å². The van der Waals surface area contributed by atoms with Crippen molar-refractivity contribution < 1.29 is 19.1 Å². The van der Waals surface area contributed by atoms with Crippen molar-refractivity contribution in [1.29, 1.82) is 0 Å². The molecule has 3 rings (SSSR count). The average molecular weight is 343 g/mol. The predicted octanol–water partition coefficient (Wildman–Crippen LogP) is 3.18. The van der Waals surface area contributed by atoms with Gasteiger partial charge in [-0.05, 0) is 24.3 Å². The Balaban J connectivity index is 2.03. The fraction of sp³-hybridized carbons (Fsp3) is 0.222. The maximum atomic E-state index is 13.0. The van der Waals surface area contributed by atoms with Gasteiger partial charge in [0.15, 0.2) is 0 Å². The molecule has 0 spiro atoms. The van der Waals surface area contributed by atoms with Gasteiger partial charge in [0, 0.05) is 31.5 Å². The first-order valence-corrected chi connectivity index (χ1v) is 8.20. The number of hydrogen-bond donors (Lipinski definition) is 0. The van der Waals surface area contributed by atoms with Crippen LogP contribution in [0.1, 0.15) is 12.5 Å². The summed E-state index contributed by atoms with van der Waals surface area (Å²) in [6.45, 7) is 1.34. The van der Waals surface area contributed by atoms with Gasteiger partial charge in [0.25, 0.3) is 5.91 Å².